The van der Waals surface area contributed by atoms with Crippen LogP contribution in [0.2, 0.25) is 0 Å². The van der Waals surface area contributed by atoms with Crippen molar-refractivity contribution in [3.63, 3.8) is 0 Å². The van der Waals surface area contributed by atoms with Crippen LogP contribution in [-0.4, -0.2) is 31.2 Å². The lowest BCUT2D eigenvalue weighted by atomic mass is 10.8. The molecule has 8 heteroatoms. The SMILES string of the molecule is CC(O)OS(=O)(=O)OC(C)O.N. The van der Waals surface area contributed by atoms with E-state index in [-0.39, 0.29) is 6.15 Å². The molecule has 0 aromatic heterocycles. The fourth-order valence-electron chi connectivity index (χ4n) is 0.364. The van der Waals surface area contributed by atoms with E-state index in [9.17, 15) is 8.42 Å². The minimum Gasteiger partial charge on any atom is -0.367 e. The second-order valence-electron chi connectivity index (χ2n) is 1.80. The molecule has 0 aromatic rings. The van der Waals surface area contributed by atoms with E-state index in [0.29, 0.717) is 0 Å². The number of hydrogen-bond donors (Lipinski definition) is 3. The molecule has 0 spiro atoms. The smallest absolute Gasteiger partial charge is 0.367 e. The summed E-state index contributed by atoms with van der Waals surface area (Å²) in [6, 6.07) is 0. The molecule has 12 heavy (non-hydrogen) atoms. The van der Waals surface area contributed by atoms with E-state index >= 15 is 0 Å². The molecule has 0 fully saturated rings. The van der Waals surface area contributed by atoms with Crippen LogP contribution in [0, 0.1) is 0 Å². The average Bonchev–Trinajstić information content (AvgIpc) is 1.53. The Morgan fingerprint density at radius 2 is 1.33 bits per heavy atom. The predicted octanol–water partition coefficient (Wildman–Crippen LogP) is -0.897. The van der Waals surface area contributed by atoms with Crippen LogP contribution in [0.25, 0.3) is 0 Å². The zero-order chi connectivity index (χ0) is 9.07. The van der Waals surface area contributed by atoms with Gasteiger partial charge in [0, 0.05) is 0 Å². The highest BCUT2D eigenvalue weighted by molar-refractivity contribution is 7.81. The van der Waals surface area contributed by atoms with E-state index in [0.717, 1.165) is 13.8 Å². The Balaban J connectivity index is 0. The van der Waals surface area contributed by atoms with Crippen molar-refractivity contribution in [2.24, 2.45) is 0 Å². The Bertz CT molecular complexity index is 182. The Morgan fingerprint density at radius 3 is 1.50 bits per heavy atom. The van der Waals surface area contributed by atoms with Crippen molar-refractivity contribution in [3.05, 3.63) is 0 Å². The lowest BCUT2D eigenvalue weighted by Crippen LogP contribution is -2.21. The number of aliphatic hydroxyl groups excluding tert-OH is 2. The van der Waals surface area contributed by atoms with Crippen LogP contribution in [0.3, 0.4) is 0 Å². The Morgan fingerprint density at radius 1 is 1.08 bits per heavy atom. The number of rotatable bonds is 4. The van der Waals surface area contributed by atoms with Gasteiger partial charge in [-0.05, 0) is 13.8 Å². The molecular weight excluding hydrogens is 190 g/mol. The summed E-state index contributed by atoms with van der Waals surface area (Å²) < 4.78 is 28.8. The van der Waals surface area contributed by atoms with Crippen molar-refractivity contribution in [3.8, 4) is 0 Å². The molecule has 0 aliphatic heterocycles. The average molecular weight is 203 g/mol. The van der Waals surface area contributed by atoms with E-state index < -0.39 is 23.0 Å². The summed E-state index contributed by atoms with van der Waals surface area (Å²) in [5.41, 5.74) is 0. The summed E-state index contributed by atoms with van der Waals surface area (Å²) in [5.74, 6) is 0. The first-order chi connectivity index (χ1) is 4.83. The Hall–Kier alpha value is -0.250. The van der Waals surface area contributed by atoms with Crippen molar-refractivity contribution < 1.29 is 27.0 Å². The number of aliphatic hydroxyl groups is 2. The van der Waals surface area contributed by atoms with Crippen LogP contribution in [0.5, 0.6) is 0 Å². The predicted molar refractivity (Wildman–Crippen MR) is 39.5 cm³/mol. The van der Waals surface area contributed by atoms with Gasteiger partial charge in [0.1, 0.15) is 0 Å². The zero-order valence-corrected chi connectivity index (χ0v) is 7.61. The molecule has 0 aliphatic rings. The first kappa shape index (κ1) is 14.3. The van der Waals surface area contributed by atoms with Crippen molar-refractivity contribution >= 4 is 10.4 Å². The maximum absolute atomic E-state index is 10.5. The quantitative estimate of drug-likeness (QED) is 0.505. The minimum atomic E-state index is -4.28. The third-order valence-electron chi connectivity index (χ3n) is 0.514. The van der Waals surface area contributed by atoms with Gasteiger partial charge in [-0.15, -0.1) is 0 Å². The maximum Gasteiger partial charge on any atom is 0.404 e. The van der Waals surface area contributed by atoms with Gasteiger partial charge in [-0.2, -0.15) is 8.42 Å². The first-order valence-electron chi connectivity index (χ1n) is 2.81. The van der Waals surface area contributed by atoms with Gasteiger partial charge in [-0.1, -0.05) is 0 Å². The van der Waals surface area contributed by atoms with Crippen molar-refractivity contribution in [2.45, 2.75) is 26.4 Å². The van der Waals surface area contributed by atoms with Crippen LogP contribution in [-0.2, 0) is 18.8 Å². The summed E-state index contributed by atoms with van der Waals surface area (Å²) in [6.07, 6.45) is -2.97. The molecule has 0 amide bonds. The van der Waals surface area contributed by atoms with E-state index in [1.807, 2.05) is 0 Å². The summed E-state index contributed by atoms with van der Waals surface area (Å²) in [6.45, 7) is 2.20. The highest BCUT2D eigenvalue weighted by atomic mass is 32.3. The number of hydrogen-bond acceptors (Lipinski definition) is 7. The van der Waals surface area contributed by atoms with Gasteiger partial charge < -0.3 is 16.4 Å². The molecule has 0 saturated heterocycles. The van der Waals surface area contributed by atoms with Crippen molar-refractivity contribution in [1.82, 2.24) is 6.15 Å². The van der Waals surface area contributed by atoms with Gasteiger partial charge in [0.15, 0.2) is 12.6 Å². The molecule has 0 aromatic carbocycles. The molecule has 0 saturated carbocycles. The van der Waals surface area contributed by atoms with Gasteiger partial charge in [-0.3, -0.25) is 0 Å². The molecule has 0 bridgehead atoms. The molecule has 5 N–H and O–H groups in total. The van der Waals surface area contributed by atoms with E-state index in [2.05, 4.69) is 8.37 Å². The van der Waals surface area contributed by atoms with Crippen LogP contribution in [0.15, 0.2) is 0 Å². The Kier molecular flexibility index (Phi) is 6.43. The van der Waals surface area contributed by atoms with Crippen LogP contribution < -0.4 is 6.15 Å². The van der Waals surface area contributed by atoms with Crippen LogP contribution >= 0.6 is 0 Å². The summed E-state index contributed by atoms with van der Waals surface area (Å²) in [4.78, 5) is 0. The van der Waals surface area contributed by atoms with Gasteiger partial charge in [-0.25, -0.2) is 8.37 Å². The third-order valence-corrected chi connectivity index (χ3v) is 1.54. The molecule has 0 aliphatic carbocycles. The fourth-order valence-corrected chi connectivity index (χ4v) is 1.09. The highest BCUT2D eigenvalue weighted by Crippen LogP contribution is 2.01. The lowest BCUT2D eigenvalue weighted by Gasteiger charge is -2.08. The van der Waals surface area contributed by atoms with Crippen LogP contribution in [0.1, 0.15) is 13.8 Å². The van der Waals surface area contributed by atoms with Crippen LogP contribution in [0.4, 0.5) is 0 Å². The molecule has 0 rings (SSSR count). The molecule has 2 unspecified atom stereocenters. The van der Waals surface area contributed by atoms with E-state index in [1.54, 1.807) is 0 Å². The van der Waals surface area contributed by atoms with Crippen molar-refractivity contribution in [2.75, 3.05) is 0 Å². The van der Waals surface area contributed by atoms with Gasteiger partial charge in [0.25, 0.3) is 0 Å². The second kappa shape index (κ2) is 5.41. The molecule has 0 radical (unpaired) electrons. The molecule has 0 heterocycles. The summed E-state index contributed by atoms with van der Waals surface area (Å²) in [7, 11) is -4.28. The van der Waals surface area contributed by atoms with Crippen molar-refractivity contribution in [1.29, 1.82) is 0 Å². The summed E-state index contributed by atoms with van der Waals surface area (Å²) in [5, 5.41) is 16.9. The first-order valence-corrected chi connectivity index (χ1v) is 4.14. The normalized spacial score (nSPS) is 16.3. The standard InChI is InChI=1S/C4H10O6S.H3N/c1-3(5)9-11(7,8)10-4(2)6;/h3-6H,1-2H3;1H3. The minimum absolute atomic E-state index is 0. The third kappa shape index (κ3) is 7.85. The molecule has 2 atom stereocenters. The zero-order valence-electron chi connectivity index (χ0n) is 6.80. The molecular formula is C4H13NO6S. The maximum atomic E-state index is 10.5. The van der Waals surface area contributed by atoms with Gasteiger partial charge >= 0.3 is 10.4 Å². The molecule has 7 nitrogen and oxygen atoms in total. The lowest BCUT2D eigenvalue weighted by molar-refractivity contribution is -0.0442. The second-order valence-corrected chi connectivity index (χ2v) is 3.00. The summed E-state index contributed by atoms with van der Waals surface area (Å²) >= 11 is 0. The molecule has 76 valence electrons. The fraction of sp³-hybridized carbons (Fsp3) is 1.00. The topological polar surface area (TPSA) is 128 Å². The van der Waals surface area contributed by atoms with E-state index in [4.69, 9.17) is 10.2 Å². The Labute approximate surface area is 70.8 Å². The monoisotopic (exact) mass is 203 g/mol. The highest BCUT2D eigenvalue weighted by Gasteiger charge is 2.17. The van der Waals surface area contributed by atoms with E-state index in [1.165, 1.54) is 0 Å². The van der Waals surface area contributed by atoms with Gasteiger partial charge in [0.05, 0.1) is 0 Å². The largest absolute Gasteiger partial charge is 0.404 e. The van der Waals surface area contributed by atoms with Gasteiger partial charge in [0.2, 0.25) is 0 Å².